The number of carbonyl (C=O) groups is 1. The van der Waals surface area contributed by atoms with E-state index in [1.165, 1.54) is 11.3 Å². The van der Waals surface area contributed by atoms with Crippen LogP contribution in [0.3, 0.4) is 0 Å². The largest absolute Gasteiger partial charge is 0.489 e. The maximum atomic E-state index is 13.0. The van der Waals surface area contributed by atoms with E-state index in [0.717, 1.165) is 21.2 Å². The van der Waals surface area contributed by atoms with Gasteiger partial charge in [-0.05, 0) is 42.8 Å². The molecule has 0 saturated heterocycles. The highest BCUT2D eigenvalue weighted by Gasteiger charge is 2.20. The molecule has 30 heavy (non-hydrogen) atoms. The molecule has 0 unspecified atom stereocenters. The lowest BCUT2D eigenvalue weighted by atomic mass is 10.1. The molecular weight excluding hydrogens is 396 g/mol. The van der Waals surface area contributed by atoms with Gasteiger partial charge in [0.1, 0.15) is 23.7 Å². The Kier molecular flexibility index (Phi) is 4.69. The molecule has 2 aromatic heterocycles. The van der Waals surface area contributed by atoms with E-state index in [1.54, 1.807) is 6.92 Å². The van der Waals surface area contributed by atoms with E-state index in [0.29, 0.717) is 34.4 Å². The van der Waals surface area contributed by atoms with Crippen LogP contribution in [0.15, 0.2) is 77.2 Å². The lowest BCUT2D eigenvalue weighted by Crippen LogP contribution is -2.12. The number of anilines is 1. The van der Waals surface area contributed by atoms with Crippen molar-refractivity contribution in [2.45, 2.75) is 13.5 Å². The maximum Gasteiger partial charge on any atom is 0.261 e. The molecule has 0 bridgehead atoms. The van der Waals surface area contributed by atoms with Crippen molar-refractivity contribution in [3.63, 3.8) is 0 Å². The molecule has 3 aromatic carbocycles. The van der Waals surface area contributed by atoms with Crippen LogP contribution in [-0.2, 0) is 6.61 Å². The number of aromatic nitrogens is 1. The molecule has 0 aliphatic heterocycles. The smallest absolute Gasteiger partial charge is 0.261 e. The standard InChI is InChI=1S/C24H18N2O3S/c1-15-22(23(27)26-24-25-19-9-5-6-10-21(19)30-24)18-13-17(11-12-20(18)29-15)28-14-16-7-3-2-4-8-16/h2-13H,14H2,1H3,(H,25,26,27). The SMILES string of the molecule is Cc1oc2ccc(OCc3ccccc3)cc2c1C(=O)Nc1nc2ccccc2s1. The van der Waals surface area contributed by atoms with Crippen molar-refractivity contribution in [2.75, 3.05) is 5.32 Å². The van der Waals surface area contributed by atoms with Crippen LogP contribution in [-0.4, -0.2) is 10.9 Å². The summed E-state index contributed by atoms with van der Waals surface area (Å²) in [7, 11) is 0. The number of ether oxygens (including phenoxy) is 1. The molecule has 2 heterocycles. The number of amides is 1. The summed E-state index contributed by atoms with van der Waals surface area (Å²) in [6, 6.07) is 23.3. The van der Waals surface area contributed by atoms with E-state index in [-0.39, 0.29) is 5.91 Å². The Bertz CT molecular complexity index is 1320. The van der Waals surface area contributed by atoms with Crippen molar-refractivity contribution in [3.05, 3.63) is 89.7 Å². The first-order chi connectivity index (χ1) is 14.7. The van der Waals surface area contributed by atoms with Gasteiger partial charge in [-0.3, -0.25) is 10.1 Å². The average molecular weight is 414 g/mol. The summed E-state index contributed by atoms with van der Waals surface area (Å²) < 4.78 is 12.7. The summed E-state index contributed by atoms with van der Waals surface area (Å²) in [5, 5.41) is 4.19. The third kappa shape index (κ3) is 3.53. The predicted octanol–water partition coefficient (Wildman–Crippen LogP) is 6.18. The first-order valence-electron chi connectivity index (χ1n) is 9.54. The first kappa shape index (κ1) is 18.4. The summed E-state index contributed by atoms with van der Waals surface area (Å²) in [4.78, 5) is 17.5. The molecule has 0 aliphatic carbocycles. The molecule has 1 N–H and O–H groups in total. The lowest BCUT2D eigenvalue weighted by Gasteiger charge is -2.06. The van der Waals surface area contributed by atoms with E-state index in [2.05, 4.69) is 10.3 Å². The summed E-state index contributed by atoms with van der Waals surface area (Å²) in [5.74, 6) is 0.996. The summed E-state index contributed by atoms with van der Waals surface area (Å²) in [5.41, 5.74) is 3.08. The van der Waals surface area contributed by atoms with Crippen molar-refractivity contribution in [2.24, 2.45) is 0 Å². The third-order valence-electron chi connectivity index (χ3n) is 4.83. The van der Waals surface area contributed by atoms with Crippen LogP contribution in [0.25, 0.3) is 21.2 Å². The fraction of sp³-hybridized carbons (Fsp3) is 0.0833. The summed E-state index contributed by atoms with van der Waals surface area (Å²) >= 11 is 1.44. The van der Waals surface area contributed by atoms with Crippen LogP contribution in [0, 0.1) is 6.92 Å². The molecule has 5 rings (SSSR count). The lowest BCUT2D eigenvalue weighted by molar-refractivity contribution is 0.102. The van der Waals surface area contributed by atoms with Crippen LogP contribution in [0.1, 0.15) is 21.7 Å². The highest BCUT2D eigenvalue weighted by atomic mass is 32.1. The van der Waals surface area contributed by atoms with E-state index in [4.69, 9.17) is 9.15 Å². The second-order valence-electron chi connectivity index (χ2n) is 6.91. The van der Waals surface area contributed by atoms with Crippen LogP contribution in [0.4, 0.5) is 5.13 Å². The first-order valence-corrected chi connectivity index (χ1v) is 10.4. The Morgan fingerprint density at radius 1 is 1.07 bits per heavy atom. The second kappa shape index (κ2) is 7.65. The van der Waals surface area contributed by atoms with Crippen molar-refractivity contribution in [1.29, 1.82) is 0 Å². The van der Waals surface area contributed by atoms with Gasteiger partial charge >= 0.3 is 0 Å². The van der Waals surface area contributed by atoms with E-state index >= 15 is 0 Å². The topological polar surface area (TPSA) is 64.4 Å². The van der Waals surface area contributed by atoms with Crippen molar-refractivity contribution in [3.8, 4) is 5.75 Å². The maximum absolute atomic E-state index is 13.0. The van der Waals surface area contributed by atoms with Gasteiger partial charge in [0.05, 0.1) is 15.8 Å². The quantitative estimate of drug-likeness (QED) is 0.373. The normalized spacial score (nSPS) is 11.1. The number of rotatable bonds is 5. The van der Waals surface area contributed by atoms with Gasteiger partial charge in [0.2, 0.25) is 0 Å². The highest BCUT2D eigenvalue weighted by Crippen LogP contribution is 2.31. The van der Waals surface area contributed by atoms with Crippen LogP contribution in [0.5, 0.6) is 5.75 Å². The Hall–Kier alpha value is -3.64. The fourth-order valence-electron chi connectivity index (χ4n) is 3.40. The van der Waals surface area contributed by atoms with Crippen LogP contribution in [0.2, 0.25) is 0 Å². The number of benzene rings is 3. The van der Waals surface area contributed by atoms with Crippen LogP contribution >= 0.6 is 11.3 Å². The van der Waals surface area contributed by atoms with Crippen molar-refractivity contribution >= 4 is 43.6 Å². The van der Waals surface area contributed by atoms with Gasteiger partial charge in [-0.25, -0.2) is 4.98 Å². The molecule has 5 nitrogen and oxygen atoms in total. The molecule has 5 aromatic rings. The highest BCUT2D eigenvalue weighted by molar-refractivity contribution is 7.22. The zero-order valence-corrected chi connectivity index (χ0v) is 17.0. The fourth-order valence-corrected chi connectivity index (χ4v) is 4.26. The van der Waals surface area contributed by atoms with Crippen molar-refractivity contribution < 1.29 is 13.9 Å². The number of hydrogen-bond acceptors (Lipinski definition) is 5. The van der Waals surface area contributed by atoms with Gasteiger partial charge in [-0.15, -0.1) is 0 Å². The van der Waals surface area contributed by atoms with E-state index in [9.17, 15) is 4.79 Å². The van der Waals surface area contributed by atoms with Gasteiger partial charge in [0.15, 0.2) is 5.13 Å². The Balaban J connectivity index is 1.42. The minimum absolute atomic E-state index is 0.245. The number of hydrogen-bond donors (Lipinski definition) is 1. The molecule has 148 valence electrons. The van der Waals surface area contributed by atoms with Gasteiger partial charge in [-0.1, -0.05) is 53.8 Å². The number of para-hydroxylation sites is 1. The minimum Gasteiger partial charge on any atom is -0.489 e. The summed E-state index contributed by atoms with van der Waals surface area (Å²) in [6.45, 7) is 2.24. The van der Waals surface area contributed by atoms with Gasteiger partial charge < -0.3 is 9.15 Å². The molecule has 0 radical (unpaired) electrons. The number of nitrogens with zero attached hydrogens (tertiary/aromatic N) is 1. The molecule has 0 fully saturated rings. The number of carbonyl (C=O) groups excluding carboxylic acids is 1. The van der Waals surface area contributed by atoms with Crippen molar-refractivity contribution in [1.82, 2.24) is 4.98 Å². The molecule has 0 spiro atoms. The van der Waals surface area contributed by atoms with Crippen LogP contribution < -0.4 is 10.1 Å². The molecule has 0 aliphatic rings. The predicted molar refractivity (Wildman–Crippen MR) is 119 cm³/mol. The average Bonchev–Trinajstić information content (AvgIpc) is 3.31. The minimum atomic E-state index is -0.245. The summed E-state index contributed by atoms with van der Waals surface area (Å²) in [6.07, 6.45) is 0. The molecule has 0 atom stereocenters. The number of nitrogens with one attached hydrogen (secondary N) is 1. The Labute approximate surface area is 176 Å². The van der Waals surface area contributed by atoms with E-state index < -0.39 is 0 Å². The van der Waals surface area contributed by atoms with Gasteiger partial charge in [0, 0.05) is 5.39 Å². The zero-order chi connectivity index (χ0) is 20.5. The monoisotopic (exact) mass is 414 g/mol. The molecule has 0 saturated carbocycles. The number of fused-ring (bicyclic) bond motifs is 2. The number of thiazole rings is 1. The van der Waals surface area contributed by atoms with Gasteiger partial charge in [0.25, 0.3) is 5.91 Å². The molecule has 6 heteroatoms. The Morgan fingerprint density at radius 3 is 2.70 bits per heavy atom. The number of furan rings is 1. The third-order valence-corrected chi connectivity index (χ3v) is 5.78. The molecule has 1 amide bonds. The van der Waals surface area contributed by atoms with E-state index in [1.807, 2.05) is 72.8 Å². The molecular formula is C24H18N2O3S. The zero-order valence-electron chi connectivity index (χ0n) is 16.2. The Morgan fingerprint density at radius 2 is 1.87 bits per heavy atom. The second-order valence-corrected chi connectivity index (χ2v) is 7.94. The number of aryl methyl sites for hydroxylation is 1. The van der Waals surface area contributed by atoms with Gasteiger partial charge in [-0.2, -0.15) is 0 Å².